The molecule has 0 radical (unpaired) electrons. The molecular weight excluding hydrogens is 345 g/mol. The van der Waals surface area contributed by atoms with Gasteiger partial charge in [-0.05, 0) is 36.2 Å². The van der Waals surface area contributed by atoms with Crippen LogP contribution in [0.25, 0.3) is 11.4 Å². The fourth-order valence-electron chi connectivity index (χ4n) is 2.28. The standard InChI is InChI=1S/C18H15ClFN3O2/c19-14-5-2-4-13(10-14)18-22-17(25-23-18)11-21-16(24)8-7-12-3-1-6-15(20)9-12/h1-6,9-10H,7-8,11H2,(H,21,24). The number of nitrogens with one attached hydrogen (secondary N) is 1. The number of hydrogen-bond donors (Lipinski definition) is 1. The molecule has 128 valence electrons. The van der Waals surface area contributed by atoms with Gasteiger partial charge in [0.25, 0.3) is 0 Å². The molecule has 1 aromatic heterocycles. The first kappa shape index (κ1) is 17.1. The lowest BCUT2D eigenvalue weighted by Crippen LogP contribution is -2.23. The van der Waals surface area contributed by atoms with Gasteiger partial charge < -0.3 is 9.84 Å². The Bertz CT molecular complexity index is 882. The molecule has 0 fully saturated rings. The highest BCUT2D eigenvalue weighted by Gasteiger charge is 2.10. The molecule has 0 saturated heterocycles. The highest BCUT2D eigenvalue weighted by molar-refractivity contribution is 6.30. The summed E-state index contributed by atoms with van der Waals surface area (Å²) in [5, 5.41) is 7.15. The van der Waals surface area contributed by atoms with Gasteiger partial charge in [0, 0.05) is 17.0 Å². The summed E-state index contributed by atoms with van der Waals surface area (Å²) < 4.78 is 18.2. The van der Waals surface area contributed by atoms with Crippen molar-refractivity contribution in [1.29, 1.82) is 0 Å². The minimum atomic E-state index is -0.308. The lowest BCUT2D eigenvalue weighted by Gasteiger charge is -2.03. The van der Waals surface area contributed by atoms with E-state index in [9.17, 15) is 9.18 Å². The lowest BCUT2D eigenvalue weighted by molar-refractivity contribution is -0.121. The zero-order chi connectivity index (χ0) is 17.6. The average molecular weight is 360 g/mol. The Morgan fingerprint density at radius 2 is 2.04 bits per heavy atom. The molecule has 5 nitrogen and oxygen atoms in total. The minimum absolute atomic E-state index is 0.134. The maximum absolute atomic E-state index is 13.1. The smallest absolute Gasteiger partial charge is 0.246 e. The molecule has 25 heavy (non-hydrogen) atoms. The van der Waals surface area contributed by atoms with Crippen LogP contribution >= 0.6 is 11.6 Å². The van der Waals surface area contributed by atoms with E-state index in [1.807, 2.05) is 6.07 Å². The molecule has 3 rings (SSSR count). The van der Waals surface area contributed by atoms with Gasteiger partial charge in [-0.1, -0.05) is 41.0 Å². The summed E-state index contributed by atoms with van der Waals surface area (Å²) in [5.41, 5.74) is 1.51. The number of amides is 1. The van der Waals surface area contributed by atoms with Crippen LogP contribution in [-0.2, 0) is 17.8 Å². The normalized spacial score (nSPS) is 10.6. The first-order chi connectivity index (χ1) is 12.1. The monoisotopic (exact) mass is 359 g/mol. The van der Waals surface area contributed by atoms with Gasteiger partial charge in [-0.15, -0.1) is 0 Å². The van der Waals surface area contributed by atoms with E-state index in [2.05, 4.69) is 15.5 Å². The third kappa shape index (κ3) is 4.87. The quantitative estimate of drug-likeness (QED) is 0.727. The van der Waals surface area contributed by atoms with E-state index in [1.54, 1.807) is 30.3 Å². The molecule has 0 aliphatic rings. The number of rotatable bonds is 6. The summed E-state index contributed by atoms with van der Waals surface area (Å²) in [7, 11) is 0. The van der Waals surface area contributed by atoms with Crippen LogP contribution in [0.1, 0.15) is 17.9 Å². The Kier molecular flexibility index (Phi) is 5.40. The van der Waals surface area contributed by atoms with Crippen LogP contribution < -0.4 is 5.32 Å². The van der Waals surface area contributed by atoms with Crippen LogP contribution in [0.15, 0.2) is 53.1 Å². The Labute approximate surface area is 148 Å². The number of halogens is 2. The van der Waals surface area contributed by atoms with Crippen LogP contribution in [0, 0.1) is 5.82 Å². The number of carbonyl (C=O) groups is 1. The SMILES string of the molecule is O=C(CCc1cccc(F)c1)NCc1nc(-c2cccc(Cl)c2)no1. The molecular formula is C18H15ClFN3O2. The molecule has 3 aromatic rings. The number of aryl methyl sites for hydroxylation is 1. The highest BCUT2D eigenvalue weighted by atomic mass is 35.5. The van der Waals surface area contributed by atoms with Crippen molar-refractivity contribution in [3.63, 3.8) is 0 Å². The summed E-state index contributed by atoms with van der Waals surface area (Å²) in [6, 6.07) is 13.3. The van der Waals surface area contributed by atoms with Gasteiger partial charge in [-0.3, -0.25) is 4.79 Å². The van der Waals surface area contributed by atoms with Crippen LogP contribution in [-0.4, -0.2) is 16.0 Å². The Morgan fingerprint density at radius 1 is 1.20 bits per heavy atom. The second-order valence-corrected chi connectivity index (χ2v) is 5.87. The summed E-state index contributed by atoms with van der Waals surface area (Å²) >= 11 is 5.93. The molecule has 0 aliphatic heterocycles. The third-order valence-electron chi connectivity index (χ3n) is 3.52. The maximum Gasteiger partial charge on any atom is 0.246 e. The predicted molar refractivity (Wildman–Crippen MR) is 91.3 cm³/mol. The van der Waals surface area contributed by atoms with E-state index in [0.29, 0.717) is 23.2 Å². The van der Waals surface area contributed by atoms with Crippen molar-refractivity contribution < 1.29 is 13.7 Å². The molecule has 0 bridgehead atoms. The van der Waals surface area contributed by atoms with E-state index in [0.717, 1.165) is 11.1 Å². The molecule has 1 N–H and O–H groups in total. The van der Waals surface area contributed by atoms with Crippen LogP contribution in [0.2, 0.25) is 5.02 Å². The zero-order valence-corrected chi connectivity index (χ0v) is 14.0. The van der Waals surface area contributed by atoms with Gasteiger partial charge in [-0.25, -0.2) is 4.39 Å². The van der Waals surface area contributed by atoms with Crippen molar-refractivity contribution in [1.82, 2.24) is 15.5 Å². The van der Waals surface area contributed by atoms with Crippen molar-refractivity contribution >= 4 is 17.5 Å². The van der Waals surface area contributed by atoms with Crippen molar-refractivity contribution in [2.24, 2.45) is 0 Å². The fraction of sp³-hybridized carbons (Fsp3) is 0.167. The number of nitrogens with zero attached hydrogens (tertiary/aromatic N) is 2. The van der Waals surface area contributed by atoms with Crippen LogP contribution in [0.3, 0.4) is 0 Å². The number of carbonyl (C=O) groups excluding carboxylic acids is 1. The Balaban J connectivity index is 1.51. The van der Waals surface area contributed by atoms with Gasteiger partial charge in [0.1, 0.15) is 5.82 Å². The van der Waals surface area contributed by atoms with Crippen molar-refractivity contribution in [3.8, 4) is 11.4 Å². The first-order valence-corrected chi connectivity index (χ1v) is 8.07. The Morgan fingerprint density at radius 3 is 2.84 bits per heavy atom. The van der Waals surface area contributed by atoms with Gasteiger partial charge in [0.2, 0.25) is 17.6 Å². The van der Waals surface area contributed by atoms with Gasteiger partial charge in [0.05, 0.1) is 6.54 Å². The van der Waals surface area contributed by atoms with E-state index in [-0.39, 0.29) is 24.7 Å². The van der Waals surface area contributed by atoms with E-state index in [1.165, 1.54) is 12.1 Å². The molecule has 1 heterocycles. The fourth-order valence-corrected chi connectivity index (χ4v) is 2.47. The van der Waals surface area contributed by atoms with Gasteiger partial charge >= 0.3 is 0 Å². The van der Waals surface area contributed by atoms with Crippen molar-refractivity contribution in [2.75, 3.05) is 0 Å². The molecule has 0 spiro atoms. The lowest BCUT2D eigenvalue weighted by atomic mass is 10.1. The maximum atomic E-state index is 13.1. The van der Waals surface area contributed by atoms with Crippen molar-refractivity contribution in [3.05, 3.63) is 70.8 Å². The average Bonchev–Trinajstić information content (AvgIpc) is 3.07. The van der Waals surface area contributed by atoms with E-state index >= 15 is 0 Å². The highest BCUT2D eigenvalue weighted by Crippen LogP contribution is 2.19. The van der Waals surface area contributed by atoms with Gasteiger partial charge in [-0.2, -0.15) is 4.98 Å². The summed E-state index contributed by atoms with van der Waals surface area (Å²) in [4.78, 5) is 16.1. The largest absolute Gasteiger partial charge is 0.347 e. The van der Waals surface area contributed by atoms with E-state index < -0.39 is 0 Å². The van der Waals surface area contributed by atoms with E-state index in [4.69, 9.17) is 16.1 Å². The van der Waals surface area contributed by atoms with Crippen LogP contribution in [0.5, 0.6) is 0 Å². The summed E-state index contributed by atoms with van der Waals surface area (Å²) in [6.45, 7) is 0.134. The molecule has 0 unspecified atom stereocenters. The van der Waals surface area contributed by atoms with Crippen LogP contribution in [0.4, 0.5) is 4.39 Å². The molecule has 2 aromatic carbocycles. The minimum Gasteiger partial charge on any atom is -0.347 e. The molecule has 0 atom stereocenters. The summed E-state index contributed by atoms with van der Waals surface area (Å²) in [5.74, 6) is 0.227. The molecule has 7 heteroatoms. The second kappa shape index (κ2) is 7.90. The molecule has 0 saturated carbocycles. The number of aromatic nitrogens is 2. The third-order valence-corrected chi connectivity index (χ3v) is 3.75. The van der Waals surface area contributed by atoms with Crippen molar-refractivity contribution in [2.45, 2.75) is 19.4 Å². The number of benzene rings is 2. The Hall–Kier alpha value is -2.73. The predicted octanol–water partition coefficient (Wildman–Crippen LogP) is 3.78. The van der Waals surface area contributed by atoms with Gasteiger partial charge in [0.15, 0.2) is 0 Å². The molecule has 1 amide bonds. The summed E-state index contributed by atoms with van der Waals surface area (Å²) in [6.07, 6.45) is 0.708. The second-order valence-electron chi connectivity index (χ2n) is 5.43. The topological polar surface area (TPSA) is 68.0 Å². The molecule has 0 aliphatic carbocycles. The zero-order valence-electron chi connectivity index (χ0n) is 13.2. The first-order valence-electron chi connectivity index (χ1n) is 7.70. The number of hydrogen-bond acceptors (Lipinski definition) is 4.